The Kier molecular flexibility index (Phi) is 5.84. The van der Waals surface area contributed by atoms with Gasteiger partial charge in [0, 0.05) is 24.8 Å². The van der Waals surface area contributed by atoms with Gasteiger partial charge in [-0.25, -0.2) is 0 Å². The van der Waals surface area contributed by atoms with Crippen LogP contribution in [0.4, 0.5) is 5.69 Å². The molecule has 0 bridgehead atoms. The van der Waals surface area contributed by atoms with Crippen molar-refractivity contribution in [2.24, 2.45) is 0 Å². The van der Waals surface area contributed by atoms with E-state index in [-0.39, 0.29) is 5.78 Å². The lowest BCUT2D eigenvalue weighted by Crippen LogP contribution is -2.21. The van der Waals surface area contributed by atoms with Gasteiger partial charge in [-0.15, -0.1) is 0 Å². The van der Waals surface area contributed by atoms with Crippen LogP contribution in [-0.4, -0.2) is 18.9 Å². The Morgan fingerprint density at radius 3 is 2.37 bits per heavy atom. The molecule has 0 amide bonds. The molecule has 4 nitrogen and oxygen atoms in total. The molecule has 3 aromatic rings. The average Bonchev–Trinajstić information content (AvgIpc) is 3.09. The van der Waals surface area contributed by atoms with Crippen LogP contribution in [-0.2, 0) is 6.61 Å². The highest BCUT2D eigenvalue weighted by molar-refractivity contribution is 6.14. The van der Waals surface area contributed by atoms with E-state index >= 15 is 0 Å². The molecule has 0 saturated carbocycles. The van der Waals surface area contributed by atoms with E-state index in [1.165, 1.54) is 5.69 Å². The van der Waals surface area contributed by atoms with Crippen molar-refractivity contribution in [3.63, 3.8) is 0 Å². The van der Waals surface area contributed by atoms with Crippen molar-refractivity contribution < 1.29 is 14.3 Å². The molecule has 30 heavy (non-hydrogen) atoms. The molecule has 1 aliphatic heterocycles. The van der Waals surface area contributed by atoms with Crippen molar-refractivity contribution in [3.05, 3.63) is 95.2 Å². The molecular formula is C26H25NO3. The van der Waals surface area contributed by atoms with Gasteiger partial charge in [-0.3, -0.25) is 4.79 Å². The van der Waals surface area contributed by atoms with Crippen LogP contribution in [0.1, 0.15) is 35.3 Å². The SMILES string of the molecule is CCN(CC)c1ccc(/C=C2\Oc3cc(OCc4ccccc4)ccc3C2=O)cc1. The summed E-state index contributed by atoms with van der Waals surface area (Å²) in [5.41, 5.74) is 3.75. The summed E-state index contributed by atoms with van der Waals surface area (Å²) in [7, 11) is 0. The van der Waals surface area contributed by atoms with Crippen LogP contribution in [0.15, 0.2) is 78.6 Å². The number of anilines is 1. The van der Waals surface area contributed by atoms with Crippen LogP contribution in [0.5, 0.6) is 11.5 Å². The van der Waals surface area contributed by atoms with Gasteiger partial charge >= 0.3 is 0 Å². The smallest absolute Gasteiger partial charge is 0.231 e. The third-order valence-electron chi connectivity index (χ3n) is 5.21. The van der Waals surface area contributed by atoms with Crippen molar-refractivity contribution >= 4 is 17.5 Å². The van der Waals surface area contributed by atoms with E-state index in [1.807, 2.05) is 48.5 Å². The van der Waals surface area contributed by atoms with E-state index in [2.05, 4.69) is 30.9 Å². The highest BCUT2D eigenvalue weighted by atomic mass is 16.5. The molecule has 1 aliphatic rings. The van der Waals surface area contributed by atoms with Crippen LogP contribution in [0.3, 0.4) is 0 Å². The minimum atomic E-state index is -0.104. The second-order valence-electron chi connectivity index (χ2n) is 7.14. The minimum absolute atomic E-state index is 0.104. The van der Waals surface area contributed by atoms with E-state index in [9.17, 15) is 4.79 Å². The van der Waals surface area contributed by atoms with E-state index in [0.717, 1.165) is 24.2 Å². The van der Waals surface area contributed by atoms with Gasteiger partial charge in [-0.2, -0.15) is 0 Å². The van der Waals surface area contributed by atoms with Crippen molar-refractivity contribution in [2.45, 2.75) is 20.5 Å². The van der Waals surface area contributed by atoms with E-state index in [0.29, 0.717) is 29.4 Å². The fourth-order valence-corrected chi connectivity index (χ4v) is 3.52. The summed E-state index contributed by atoms with van der Waals surface area (Å²) in [5, 5.41) is 0. The summed E-state index contributed by atoms with van der Waals surface area (Å²) in [6.45, 7) is 6.67. The lowest BCUT2D eigenvalue weighted by molar-refractivity contribution is 0.101. The number of carbonyl (C=O) groups excluding carboxylic acids is 1. The summed E-state index contributed by atoms with van der Waals surface area (Å²) in [5.74, 6) is 1.44. The molecular weight excluding hydrogens is 374 g/mol. The van der Waals surface area contributed by atoms with Gasteiger partial charge in [-0.05, 0) is 55.3 Å². The molecule has 0 N–H and O–H groups in total. The first kappa shape index (κ1) is 19.8. The fourth-order valence-electron chi connectivity index (χ4n) is 3.52. The zero-order chi connectivity index (χ0) is 20.9. The Bertz CT molecular complexity index is 1050. The maximum Gasteiger partial charge on any atom is 0.231 e. The number of Topliss-reactive ketones (excluding diaryl/α,β-unsaturated/α-hetero) is 1. The molecule has 0 aliphatic carbocycles. The van der Waals surface area contributed by atoms with Gasteiger partial charge < -0.3 is 14.4 Å². The fraction of sp³-hybridized carbons (Fsp3) is 0.192. The van der Waals surface area contributed by atoms with Gasteiger partial charge in [0.2, 0.25) is 5.78 Å². The Morgan fingerprint density at radius 1 is 0.933 bits per heavy atom. The molecule has 0 aromatic heterocycles. The third-order valence-corrected chi connectivity index (χ3v) is 5.21. The monoisotopic (exact) mass is 399 g/mol. The summed E-state index contributed by atoms with van der Waals surface area (Å²) in [6.07, 6.45) is 1.79. The number of hydrogen-bond donors (Lipinski definition) is 0. The second kappa shape index (κ2) is 8.87. The Labute approximate surface area is 177 Å². The average molecular weight is 399 g/mol. The standard InChI is InChI=1S/C26H25NO3/c1-3-27(4-2)21-12-10-19(11-13-21)16-25-26(28)23-15-14-22(17-24(23)30-25)29-18-20-8-6-5-7-9-20/h5-17H,3-4,18H2,1-2H3/b25-16-. The normalized spacial score (nSPS) is 13.8. The second-order valence-corrected chi connectivity index (χ2v) is 7.14. The molecule has 0 fully saturated rings. The maximum absolute atomic E-state index is 12.7. The van der Waals surface area contributed by atoms with E-state index in [4.69, 9.17) is 9.47 Å². The molecule has 0 unspecified atom stereocenters. The number of ether oxygens (including phenoxy) is 2. The van der Waals surface area contributed by atoms with Gasteiger partial charge in [0.15, 0.2) is 5.76 Å². The van der Waals surface area contributed by atoms with Crippen molar-refractivity contribution in [1.29, 1.82) is 0 Å². The number of fused-ring (bicyclic) bond motifs is 1. The molecule has 3 aromatic carbocycles. The van der Waals surface area contributed by atoms with Crippen LogP contribution < -0.4 is 14.4 Å². The third kappa shape index (κ3) is 4.23. The van der Waals surface area contributed by atoms with Crippen LogP contribution >= 0.6 is 0 Å². The molecule has 0 atom stereocenters. The van der Waals surface area contributed by atoms with Gasteiger partial charge in [-0.1, -0.05) is 42.5 Å². The highest BCUT2D eigenvalue weighted by Crippen LogP contribution is 2.35. The summed E-state index contributed by atoms with van der Waals surface area (Å²) in [4.78, 5) is 15.0. The predicted molar refractivity (Wildman–Crippen MR) is 120 cm³/mol. The molecule has 152 valence electrons. The number of allylic oxidation sites excluding steroid dienone is 1. The molecule has 4 rings (SSSR count). The molecule has 0 radical (unpaired) electrons. The van der Waals surface area contributed by atoms with Crippen molar-refractivity contribution in [3.8, 4) is 11.5 Å². The number of benzene rings is 3. The first-order valence-corrected chi connectivity index (χ1v) is 10.3. The van der Waals surface area contributed by atoms with E-state index in [1.54, 1.807) is 18.2 Å². The van der Waals surface area contributed by atoms with Crippen molar-refractivity contribution in [1.82, 2.24) is 0 Å². The number of carbonyl (C=O) groups is 1. The zero-order valence-corrected chi connectivity index (χ0v) is 17.3. The van der Waals surface area contributed by atoms with Crippen LogP contribution in [0.25, 0.3) is 6.08 Å². The number of hydrogen-bond acceptors (Lipinski definition) is 4. The number of rotatable bonds is 7. The number of ketones is 1. The summed E-state index contributed by atoms with van der Waals surface area (Å²) >= 11 is 0. The summed E-state index contributed by atoms with van der Waals surface area (Å²) in [6, 6.07) is 23.5. The largest absolute Gasteiger partial charge is 0.489 e. The van der Waals surface area contributed by atoms with Gasteiger partial charge in [0.05, 0.1) is 5.56 Å². The molecule has 0 spiro atoms. The minimum Gasteiger partial charge on any atom is -0.489 e. The van der Waals surface area contributed by atoms with E-state index < -0.39 is 0 Å². The van der Waals surface area contributed by atoms with Crippen molar-refractivity contribution in [2.75, 3.05) is 18.0 Å². The predicted octanol–water partition coefficient (Wildman–Crippen LogP) is 5.73. The van der Waals surface area contributed by atoms with Gasteiger partial charge in [0.25, 0.3) is 0 Å². The molecule has 4 heteroatoms. The highest BCUT2D eigenvalue weighted by Gasteiger charge is 2.27. The Hall–Kier alpha value is -3.53. The lowest BCUT2D eigenvalue weighted by atomic mass is 10.1. The first-order chi connectivity index (χ1) is 14.7. The lowest BCUT2D eigenvalue weighted by Gasteiger charge is -2.20. The molecule has 1 heterocycles. The number of nitrogens with zero attached hydrogens (tertiary/aromatic N) is 1. The molecule has 0 saturated heterocycles. The summed E-state index contributed by atoms with van der Waals surface area (Å²) < 4.78 is 11.7. The zero-order valence-electron chi connectivity index (χ0n) is 17.3. The quantitative estimate of drug-likeness (QED) is 0.476. The Morgan fingerprint density at radius 2 is 1.67 bits per heavy atom. The topological polar surface area (TPSA) is 38.8 Å². The van der Waals surface area contributed by atoms with Crippen LogP contribution in [0, 0.1) is 0 Å². The first-order valence-electron chi connectivity index (χ1n) is 10.3. The van der Waals surface area contributed by atoms with Gasteiger partial charge in [0.1, 0.15) is 18.1 Å². The van der Waals surface area contributed by atoms with Crippen LogP contribution in [0.2, 0.25) is 0 Å². The maximum atomic E-state index is 12.7. The Balaban J connectivity index is 1.47.